The molecule has 3 amide bonds. The highest BCUT2D eigenvalue weighted by Crippen LogP contribution is 2.25. The van der Waals surface area contributed by atoms with E-state index < -0.39 is 11.9 Å². The summed E-state index contributed by atoms with van der Waals surface area (Å²) in [7, 11) is 0. The first-order valence-corrected chi connectivity index (χ1v) is 9.85. The third-order valence-electron chi connectivity index (χ3n) is 4.45. The highest BCUT2D eigenvalue weighted by Gasteiger charge is 2.34. The van der Waals surface area contributed by atoms with Crippen LogP contribution in [0.5, 0.6) is 5.75 Å². The molecule has 30 heavy (non-hydrogen) atoms. The molecule has 0 aliphatic carbocycles. The van der Waals surface area contributed by atoms with Crippen LogP contribution in [0.1, 0.15) is 11.1 Å². The quantitative estimate of drug-likeness (QED) is 0.412. The van der Waals surface area contributed by atoms with E-state index in [9.17, 15) is 9.59 Å². The van der Waals surface area contributed by atoms with Gasteiger partial charge in [-0.05, 0) is 59.7 Å². The van der Waals surface area contributed by atoms with E-state index in [1.54, 1.807) is 42.5 Å². The van der Waals surface area contributed by atoms with Gasteiger partial charge in [0.2, 0.25) is 0 Å². The Balaban J connectivity index is 1.45. The molecule has 5 nitrogen and oxygen atoms in total. The summed E-state index contributed by atoms with van der Waals surface area (Å²) in [4.78, 5) is 26.0. The summed E-state index contributed by atoms with van der Waals surface area (Å²) in [5.41, 5.74) is 2.37. The maximum absolute atomic E-state index is 12.7. The molecule has 0 saturated carbocycles. The normalized spacial score (nSPS) is 14.9. The molecule has 0 unspecified atom stereocenters. The predicted octanol–water partition coefficient (Wildman–Crippen LogP) is 5.67. The maximum Gasteiger partial charge on any atom is 0.333 e. The van der Waals surface area contributed by atoms with Gasteiger partial charge in [0.25, 0.3) is 5.91 Å². The van der Waals surface area contributed by atoms with Crippen molar-refractivity contribution in [2.75, 3.05) is 4.90 Å². The van der Waals surface area contributed by atoms with Crippen molar-refractivity contribution in [1.29, 1.82) is 0 Å². The molecule has 0 aromatic heterocycles. The summed E-state index contributed by atoms with van der Waals surface area (Å²) in [6.07, 6.45) is 1.62. The van der Waals surface area contributed by atoms with Crippen molar-refractivity contribution in [2.24, 2.45) is 0 Å². The van der Waals surface area contributed by atoms with E-state index in [0.717, 1.165) is 16.0 Å². The number of urea groups is 1. The molecule has 1 N–H and O–H groups in total. The summed E-state index contributed by atoms with van der Waals surface area (Å²) in [6.45, 7) is 0.417. The Morgan fingerprint density at radius 1 is 0.900 bits per heavy atom. The second-order valence-electron chi connectivity index (χ2n) is 6.59. The Bertz CT molecular complexity index is 1130. The highest BCUT2D eigenvalue weighted by atomic mass is 35.5. The lowest BCUT2D eigenvalue weighted by atomic mass is 10.2. The number of ether oxygens (including phenoxy) is 1. The standard InChI is InChI=1S/C23H16Cl2N2O3/c24-17-8-4-16(5-9-17)14-30-20-10-6-15(7-11-20)12-21-22(28)27(23(29)26-21)19-3-1-2-18(25)13-19/h1-13H,14H2,(H,26,29)/b21-12+. The van der Waals surface area contributed by atoms with Crippen molar-refractivity contribution in [2.45, 2.75) is 6.61 Å². The van der Waals surface area contributed by atoms with Crippen LogP contribution in [0, 0.1) is 0 Å². The molecule has 3 aromatic rings. The smallest absolute Gasteiger partial charge is 0.333 e. The molecule has 7 heteroatoms. The average molecular weight is 439 g/mol. The number of nitrogens with one attached hydrogen (secondary N) is 1. The van der Waals surface area contributed by atoms with Gasteiger partial charge >= 0.3 is 6.03 Å². The summed E-state index contributed by atoms with van der Waals surface area (Å²) >= 11 is 11.9. The van der Waals surface area contributed by atoms with E-state index in [2.05, 4.69) is 5.32 Å². The Kier molecular flexibility index (Phi) is 5.74. The first-order chi connectivity index (χ1) is 14.5. The average Bonchev–Trinajstić information content (AvgIpc) is 3.01. The number of carbonyl (C=O) groups is 2. The van der Waals surface area contributed by atoms with Gasteiger partial charge in [0.15, 0.2) is 0 Å². The maximum atomic E-state index is 12.7. The van der Waals surface area contributed by atoms with Crippen LogP contribution in [0.4, 0.5) is 10.5 Å². The number of amides is 3. The van der Waals surface area contributed by atoms with Gasteiger partial charge in [-0.3, -0.25) is 4.79 Å². The van der Waals surface area contributed by atoms with E-state index in [-0.39, 0.29) is 5.70 Å². The van der Waals surface area contributed by atoms with E-state index in [0.29, 0.717) is 28.1 Å². The van der Waals surface area contributed by atoms with Gasteiger partial charge < -0.3 is 10.1 Å². The van der Waals surface area contributed by atoms with Crippen molar-refractivity contribution in [3.63, 3.8) is 0 Å². The Morgan fingerprint density at radius 3 is 2.33 bits per heavy atom. The molecule has 1 aliphatic heterocycles. The molecule has 0 spiro atoms. The van der Waals surface area contributed by atoms with Crippen LogP contribution < -0.4 is 15.0 Å². The molecular formula is C23H16Cl2N2O3. The second kappa shape index (κ2) is 8.61. The van der Waals surface area contributed by atoms with Crippen molar-refractivity contribution in [3.05, 3.63) is 99.7 Å². The van der Waals surface area contributed by atoms with Gasteiger partial charge in [-0.1, -0.05) is 53.5 Å². The fourth-order valence-electron chi connectivity index (χ4n) is 2.96. The van der Waals surface area contributed by atoms with Crippen LogP contribution in [-0.2, 0) is 11.4 Å². The predicted molar refractivity (Wildman–Crippen MR) is 118 cm³/mol. The second-order valence-corrected chi connectivity index (χ2v) is 7.47. The van der Waals surface area contributed by atoms with E-state index in [1.807, 2.05) is 36.4 Å². The topological polar surface area (TPSA) is 58.6 Å². The number of hydrogen-bond donors (Lipinski definition) is 1. The van der Waals surface area contributed by atoms with Gasteiger partial charge in [-0.15, -0.1) is 0 Å². The number of benzene rings is 3. The first-order valence-electron chi connectivity index (χ1n) is 9.09. The first kappa shape index (κ1) is 20.0. The highest BCUT2D eigenvalue weighted by molar-refractivity contribution is 6.32. The number of rotatable bonds is 5. The number of halogens is 2. The van der Waals surface area contributed by atoms with Gasteiger partial charge in [-0.25, -0.2) is 9.69 Å². The Morgan fingerprint density at radius 2 is 1.63 bits per heavy atom. The Labute approximate surface area is 183 Å². The molecular weight excluding hydrogens is 423 g/mol. The van der Waals surface area contributed by atoms with E-state index >= 15 is 0 Å². The lowest BCUT2D eigenvalue weighted by Gasteiger charge is -2.11. The Hall–Kier alpha value is -3.28. The van der Waals surface area contributed by atoms with Crippen LogP contribution in [0.15, 0.2) is 78.5 Å². The minimum atomic E-state index is -0.517. The number of carbonyl (C=O) groups excluding carboxylic acids is 2. The zero-order valence-corrected chi connectivity index (χ0v) is 17.2. The molecule has 0 atom stereocenters. The number of hydrogen-bond acceptors (Lipinski definition) is 3. The minimum Gasteiger partial charge on any atom is -0.489 e. The molecule has 0 bridgehead atoms. The lowest BCUT2D eigenvalue weighted by Crippen LogP contribution is -2.30. The van der Waals surface area contributed by atoms with E-state index in [1.165, 1.54) is 0 Å². The lowest BCUT2D eigenvalue weighted by molar-refractivity contribution is -0.113. The van der Waals surface area contributed by atoms with E-state index in [4.69, 9.17) is 27.9 Å². The van der Waals surface area contributed by atoms with Crippen LogP contribution in [0.2, 0.25) is 10.0 Å². The molecule has 1 heterocycles. The molecule has 0 radical (unpaired) electrons. The van der Waals surface area contributed by atoms with Gasteiger partial charge in [0.05, 0.1) is 5.69 Å². The molecule has 4 rings (SSSR count). The number of imide groups is 1. The molecule has 1 fully saturated rings. The van der Waals surface area contributed by atoms with Crippen molar-refractivity contribution in [1.82, 2.24) is 5.32 Å². The van der Waals surface area contributed by atoms with Crippen molar-refractivity contribution >= 4 is 46.9 Å². The SMILES string of the molecule is O=C1N/C(=C/c2ccc(OCc3ccc(Cl)cc3)cc2)C(=O)N1c1cccc(Cl)c1. The zero-order chi connectivity index (χ0) is 21.1. The number of nitrogens with zero attached hydrogens (tertiary/aromatic N) is 1. The van der Waals surface area contributed by atoms with Crippen molar-refractivity contribution in [3.8, 4) is 5.75 Å². The monoisotopic (exact) mass is 438 g/mol. The largest absolute Gasteiger partial charge is 0.489 e. The van der Waals surface area contributed by atoms with Crippen LogP contribution in [-0.4, -0.2) is 11.9 Å². The van der Waals surface area contributed by atoms with Crippen LogP contribution in [0.3, 0.4) is 0 Å². The summed E-state index contributed by atoms with van der Waals surface area (Å²) < 4.78 is 5.76. The summed E-state index contributed by atoms with van der Waals surface area (Å²) in [5.74, 6) is 0.250. The zero-order valence-electron chi connectivity index (χ0n) is 15.6. The van der Waals surface area contributed by atoms with Gasteiger partial charge in [-0.2, -0.15) is 0 Å². The van der Waals surface area contributed by atoms with Crippen LogP contribution in [0.25, 0.3) is 6.08 Å². The summed E-state index contributed by atoms with van der Waals surface area (Å²) in [5, 5.41) is 3.72. The third-order valence-corrected chi connectivity index (χ3v) is 4.94. The molecule has 1 saturated heterocycles. The third kappa shape index (κ3) is 4.48. The number of anilines is 1. The van der Waals surface area contributed by atoms with Gasteiger partial charge in [0.1, 0.15) is 18.1 Å². The summed E-state index contributed by atoms with van der Waals surface area (Å²) in [6, 6.07) is 20.7. The van der Waals surface area contributed by atoms with Crippen molar-refractivity contribution < 1.29 is 14.3 Å². The fourth-order valence-corrected chi connectivity index (χ4v) is 3.27. The fraction of sp³-hybridized carbons (Fsp3) is 0.0435. The van der Waals surface area contributed by atoms with Crippen LogP contribution >= 0.6 is 23.2 Å². The molecule has 3 aromatic carbocycles. The molecule has 150 valence electrons. The van der Waals surface area contributed by atoms with Gasteiger partial charge in [0, 0.05) is 10.0 Å². The molecule has 1 aliphatic rings. The minimum absolute atomic E-state index is 0.190.